The summed E-state index contributed by atoms with van der Waals surface area (Å²) in [6.45, 7) is 3.80. The van der Waals surface area contributed by atoms with Crippen LogP contribution >= 0.6 is 0 Å². The molecule has 0 saturated carbocycles. The Hall–Kier alpha value is -1.68. The molecule has 1 aromatic carbocycles. The van der Waals surface area contributed by atoms with E-state index < -0.39 is 0 Å². The third kappa shape index (κ3) is 3.67. The molecule has 0 unspecified atom stereocenters. The van der Waals surface area contributed by atoms with Gasteiger partial charge in [0, 0.05) is 31.5 Å². The zero-order valence-corrected chi connectivity index (χ0v) is 10.5. The zero-order valence-electron chi connectivity index (χ0n) is 10.5. The SMILES string of the molecule is C[C@H](Cc1ccccc1F)NCCn1ccnc1. The quantitative estimate of drug-likeness (QED) is 0.848. The van der Waals surface area contributed by atoms with Crippen LogP contribution in [0.25, 0.3) is 0 Å². The summed E-state index contributed by atoms with van der Waals surface area (Å²) in [5.74, 6) is -0.124. The summed E-state index contributed by atoms with van der Waals surface area (Å²) in [5, 5.41) is 3.38. The van der Waals surface area contributed by atoms with Crippen molar-refractivity contribution in [2.24, 2.45) is 0 Å². The number of hydrogen-bond acceptors (Lipinski definition) is 2. The van der Waals surface area contributed by atoms with E-state index in [0.717, 1.165) is 18.7 Å². The first-order valence-electron chi connectivity index (χ1n) is 6.18. The van der Waals surface area contributed by atoms with E-state index in [1.165, 1.54) is 6.07 Å². The lowest BCUT2D eigenvalue weighted by Gasteiger charge is -2.14. The maximum absolute atomic E-state index is 13.5. The summed E-state index contributed by atoms with van der Waals surface area (Å²) in [4.78, 5) is 3.98. The molecule has 2 rings (SSSR count). The summed E-state index contributed by atoms with van der Waals surface area (Å²) in [6.07, 6.45) is 6.20. The van der Waals surface area contributed by atoms with Crippen molar-refractivity contribution in [1.29, 1.82) is 0 Å². The molecule has 0 radical (unpaired) electrons. The first-order valence-corrected chi connectivity index (χ1v) is 6.18. The van der Waals surface area contributed by atoms with Gasteiger partial charge in [-0.1, -0.05) is 18.2 Å². The highest BCUT2D eigenvalue weighted by atomic mass is 19.1. The molecule has 0 spiro atoms. The predicted molar refractivity (Wildman–Crippen MR) is 69.8 cm³/mol. The van der Waals surface area contributed by atoms with Gasteiger partial charge in [-0.2, -0.15) is 0 Å². The molecular formula is C14H18FN3. The number of aromatic nitrogens is 2. The average molecular weight is 247 g/mol. The van der Waals surface area contributed by atoms with Crippen LogP contribution in [0.15, 0.2) is 43.0 Å². The second-order valence-electron chi connectivity index (χ2n) is 4.45. The van der Waals surface area contributed by atoms with Crippen LogP contribution in [0.4, 0.5) is 4.39 Å². The van der Waals surface area contributed by atoms with Gasteiger partial charge in [0.25, 0.3) is 0 Å². The normalized spacial score (nSPS) is 12.6. The number of hydrogen-bond donors (Lipinski definition) is 1. The fraction of sp³-hybridized carbons (Fsp3) is 0.357. The second kappa shape index (κ2) is 6.31. The molecule has 0 bridgehead atoms. The van der Waals surface area contributed by atoms with Gasteiger partial charge in [0.15, 0.2) is 0 Å². The molecule has 1 atom stereocenters. The van der Waals surface area contributed by atoms with Gasteiger partial charge < -0.3 is 9.88 Å². The summed E-state index contributed by atoms with van der Waals surface area (Å²) >= 11 is 0. The maximum atomic E-state index is 13.5. The molecule has 0 amide bonds. The summed E-state index contributed by atoms with van der Waals surface area (Å²) in [5.41, 5.74) is 0.764. The lowest BCUT2D eigenvalue weighted by atomic mass is 10.1. The molecule has 0 aliphatic carbocycles. The highest BCUT2D eigenvalue weighted by Gasteiger charge is 2.06. The van der Waals surface area contributed by atoms with Gasteiger partial charge in [-0.3, -0.25) is 0 Å². The van der Waals surface area contributed by atoms with E-state index in [1.54, 1.807) is 18.6 Å². The Labute approximate surface area is 107 Å². The van der Waals surface area contributed by atoms with Crippen molar-refractivity contribution in [3.63, 3.8) is 0 Å². The van der Waals surface area contributed by atoms with E-state index in [4.69, 9.17) is 0 Å². The Morgan fingerprint density at radius 2 is 2.22 bits per heavy atom. The number of rotatable bonds is 6. The molecule has 0 saturated heterocycles. The van der Waals surface area contributed by atoms with Gasteiger partial charge in [-0.05, 0) is 25.0 Å². The van der Waals surface area contributed by atoms with Gasteiger partial charge in [0.2, 0.25) is 0 Å². The van der Waals surface area contributed by atoms with Crippen molar-refractivity contribution in [2.75, 3.05) is 6.54 Å². The van der Waals surface area contributed by atoms with Gasteiger partial charge in [0.05, 0.1) is 6.33 Å². The number of nitrogens with one attached hydrogen (secondary N) is 1. The third-order valence-electron chi connectivity index (χ3n) is 2.91. The van der Waals surface area contributed by atoms with Crippen molar-refractivity contribution in [1.82, 2.24) is 14.9 Å². The van der Waals surface area contributed by atoms with Gasteiger partial charge in [-0.15, -0.1) is 0 Å². The van der Waals surface area contributed by atoms with Crippen LogP contribution < -0.4 is 5.32 Å². The van der Waals surface area contributed by atoms with E-state index >= 15 is 0 Å². The van der Waals surface area contributed by atoms with Gasteiger partial charge in [-0.25, -0.2) is 9.37 Å². The lowest BCUT2D eigenvalue weighted by Crippen LogP contribution is -2.31. The molecule has 2 aromatic rings. The van der Waals surface area contributed by atoms with E-state index in [2.05, 4.69) is 17.2 Å². The van der Waals surface area contributed by atoms with Crippen LogP contribution in [-0.2, 0) is 13.0 Å². The van der Waals surface area contributed by atoms with Crippen LogP contribution in [-0.4, -0.2) is 22.1 Å². The molecule has 1 N–H and O–H groups in total. The van der Waals surface area contributed by atoms with Crippen LogP contribution in [0.5, 0.6) is 0 Å². The van der Waals surface area contributed by atoms with Crippen molar-refractivity contribution in [3.8, 4) is 0 Å². The number of nitrogens with zero attached hydrogens (tertiary/aromatic N) is 2. The Bertz CT molecular complexity index is 468. The smallest absolute Gasteiger partial charge is 0.126 e. The highest BCUT2D eigenvalue weighted by molar-refractivity contribution is 5.18. The van der Waals surface area contributed by atoms with E-state index in [-0.39, 0.29) is 11.9 Å². The number of halogens is 1. The summed E-state index contributed by atoms with van der Waals surface area (Å²) < 4.78 is 15.5. The summed E-state index contributed by atoms with van der Waals surface area (Å²) in [6, 6.07) is 7.19. The van der Waals surface area contributed by atoms with E-state index in [9.17, 15) is 4.39 Å². The fourth-order valence-electron chi connectivity index (χ4n) is 1.93. The summed E-state index contributed by atoms with van der Waals surface area (Å²) in [7, 11) is 0. The van der Waals surface area contributed by atoms with Gasteiger partial charge in [0.1, 0.15) is 5.82 Å². The van der Waals surface area contributed by atoms with E-state index in [1.807, 2.05) is 22.9 Å². The second-order valence-corrected chi connectivity index (χ2v) is 4.45. The topological polar surface area (TPSA) is 29.9 Å². The van der Waals surface area contributed by atoms with E-state index in [0.29, 0.717) is 6.42 Å². The zero-order chi connectivity index (χ0) is 12.8. The van der Waals surface area contributed by atoms with Crippen molar-refractivity contribution in [2.45, 2.75) is 25.9 Å². The van der Waals surface area contributed by atoms with Crippen molar-refractivity contribution < 1.29 is 4.39 Å². The average Bonchev–Trinajstić information content (AvgIpc) is 2.85. The molecule has 0 aliphatic heterocycles. The number of imidazole rings is 1. The first kappa shape index (κ1) is 12.8. The minimum Gasteiger partial charge on any atom is -0.336 e. The van der Waals surface area contributed by atoms with Gasteiger partial charge >= 0.3 is 0 Å². The Kier molecular flexibility index (Phi) is 4.47. The minimum atomic E-state index is -0.124. The largest absolute Gasteiger partial charge is 0.336 e. The molecule has 4 heteroatoms. The van der Waals surface area contributed by atoms with Crippen LogP contribution in [0.2, 0.25) is 0 Å². The molecule has 0 fully saturated rings. The van der Waals surface area contributed by atoms with Crippen molar-refractivity contribution in [3.05, 3.63) is 54.4 Å². The molecule has 1 aromatic heterocycles. The Morgan fingerprint density at radius 1 is 1.39 bits per heavy atom. The molecule has 0 aliphatic rings. The molecule has 96 valence electrons. The van der Waals surface area contributed by atoms with Crippen LogP contribution in [0.1, 0.15) is 12.5 Å². The lowest BCUT2D eigenvalue weighted by molar-refractivity contribution is 0.501. The monoisotopic (exact) mass is 247 g/mol. The predicted octanol–water partition coefficient (Wildman–Crippen LogP) is 2.24. The molecule has 18 heavy (non-hydrogen) atoms. The number of benzene rings is 1. The molecule has 1 heterocycles. The Morgan fingerprint density at radius 3 is 2.94 bits per heavy atom. The highest BCUT2D eigenvalue weighted by Crippen LogP contribution is 2.08. The minimum absolute atomic E-state index is 0.124. The standard InChI is InChI=1S/C14H18FN3/c1-12(10-13-4-2-3-5-14(13)15)17-7-9-18-8-6-16-11-18/h2-6,8,11-12,17H,7,9-10H2,1H3/t12-/m1/s1. The van der Waals surface area contributed by atoms with Crippen LogP contribution in [0.3, 0.4) is 0 Å². The van der Waals surface area contributed by atoms with Crippen LogP contribution in [0, 0.1) is 5.82 Å². The van der Waals surface area contributed by atoms with Crippen molar-refractivity contribution >= 4 is 0 Å². The molecule has 3 nitrogen and oxygen atoms in total. The first-order chi connectivity index (χ1) is 8.75. The third-order valence-corrected chi connectivity index (χ3v) is 2.91. The Balaban J connectivity index is 1.75. The maximum Gasteiger partial charge on any atom is 0.126 e. The molecular weight excluding hydrogens is 229 g/mol. The fourth-order valence-corrected chi connectivity index (χ4v) is 1.93.